The van der Waals surface area contributed by atoms with Crippen LogP contribution >= 0.6 is 0 Å². The topological polar surface area (TPSA) is 25.2 Å². The summed E-state index contributed by atoms with van der Waals surface area (Å²) in [7, 11) is 0. The molecular weight excluding hydrogens is 224 g/mol. The number of anilines is 1. The van der Waals surface area contributed by atoms with Crippen LogP contribution in [0.15, 0.2) is 34.7 Å². The minimum Gasteiger partial charge on any atom is -0.464 e. The zero-order chi connectivity index (χ0) is 12.3. The second-order valence-electron chi connectivity index (χ2n) is 3.67. The van der Waals surface area contributed by atoms with Crippen LogP contribution in [0.1, 0.15) is 18.4 Å². The van der Waals surface area contributed by atoms with E-state index in [-0.39, 0.29) is 12.2 Å². The quantitative estimate of drug-likeness (QED) is 0.876. The number of nitrogens with one attached hydrogen (secondary N) is 1. The average molecular weight is 237 g/mol. The van der Waals surface area contributed by atoms with Gasteiger partial charge in [-0.05, 0) is 24.3 Å². The van der Waals surface area contributed by atoms with Crippen molar-refractivity contribution in [3.8, 4) is 0 Å². The molecule has 2 nitrogen and oxygen atoms in total. The number of rotatable bonds is 4. The number of benzene rings is 1. The van der Waals surface area contributed by atoms with Crippen LogP contribution in [0.4, 0.5) is 14.5 Å². The van der Waals surface area contributed by atoms with Crippen molar-refractivity contribution in [2.75, 3.05) is 5.32 Å². The van der Waals surface area contributed by atoms with Gasteiger partial charge in [0.15, 0.2) is 0 Å². The molecule has 0 bridgehead atoms. The van der Waals surface area contributed by atoms with Gasteiger partial charge in [0.1, 0.15) is 28.8 Å². The highest BCUT2D eigenvalue weighted by atomic mass is 19.1. The monoisotopic (exact) mass is 237 g/mol. The summed E-state index contributed by atoms with van der Waals surface area (Å²) in [6, 6.07) is 7.41. The molecule has 0 saturated carbocycles. The SMILES string of the molecule is CCc1ccc(CNc2c(F)cccc2F)o1. The predicted octanol–water partition coefficient (Wildman–Crippen LogP) is 3.73. The van der Waals surface area contributed by atoms with Crippen LogP contribution in [-0.4, -0.2) is 0 Å². The lowest BCUT2D eigenvalue weighted by Gasteiger charge is -2.06. The molecule has 0 fully saturated rings. The van der Waals surface area contributed by atoms with E-state index in [2.05, 4.69) is 5.32 Å². The summed E-state index contributed by atoms with van der Waals surface area (Å²) in [5.74, 6) is 0.305. The van der Waals surface area contributed by atoms with Crippen LogP contribution in [0.2, 0.25) is 0 Å². The molecule has 0 aliphatic heterocycles. The molecule has 2 rings (SSSR count). The average Bonchev–Trinajstić information content (AvgIpc) is 2.76. The maximum Gasteiger partial charge on any atom is 0.149 e. The van der Waals surface area contributed by atoms with Crippen molar-refractivity contribution in [2.24, 2.45) is 0 Å². The van der Waals surface area contributed by atoms with Crippen LogP contribution in [0.5, 0.6) is 0 Å². The first-order valence-corrected chi connectivity index (χ1v) is 5.46. The van der Waals surface area contributed by atoms with Gasteiger partial charge < -0.3 is 9.73 Å². The number of hydrogen-bond donors (Lipinski definition) is 1. The molecule has 17 heavy (non-hydrogen) atoms. The number of furan rings is 1. The number of hydrogen-bond acceptors (Lipinski definition) is 2. The normalized spacial score (nSPS) is 10.5. The van der Waals surface area contributed by atoms with Crippen molar-refractivity contribution in [1.29, 1.82) is 0 Å². The third kappa shape index (κ3) is 2.64. The second kappa shape index (κ2) is 4.99. The molecule has 1 N–H and O–H groups in total. The van der Waals surface area contributed by atoms with Crippen molar-refractivity contribution in [1.82, 2.24) is 0 Å². The van der Waals surface area contributed by atoms with Crippen molar-refractivity contribution >= 4 is 5.69 Å². The van der Waals surface area contributed by atoms with Crippen LogP contribution in [0.3, 0.4) is 0 Å². The summed E-state index contributed by atoms with van der Waals surface area (Å²) in [5.41, 5.74) is -0.123. The fourth-order valence-corrected chi connectivity index (χ4v) is 1.55. The number of para-hydroxylation sites is 1. The maximum atomic E-state index is 13.3. The molecule has 4 heteroatoms. The molecule has 0 unspecified atom stereocenters. The van der Waals surface area contributed by atoms with Gasteiger partial charge in [0.25, 0.3) is 0 Å². The molecule has 0 spiro atoms. The van der Waals surface area contributed by atoms with E-state index >= 15 is 0 Å². The molecule has 2 aromatic rings. The van der Waals surface area contributed by atoms with E-state index in [1.807, 2.05) is 13.0 Å². The Hall–Kier alpha value is -1.84. The minimum atomic E-state index is -0.604. The van der Waals surface area contributed by atoms with E-state index in [0.717, 1.165) is 12.2 Å². The van der Waals surface area contributed by atoms with E-state index in [1.54, 1.807) is 6.07 Å². The zero-order valence-corrected chi connectivity index (χ0v) is 9.47. The number of halogens is 2. The van der Waals surface area contributed by atoms with Crippen LogP contribution in [-0.2, 0) is 13.0 Å². The maximum absolute atomic E-state index is 13.3. The van der Waals surface area contributed by atoms with Crippen LogP contribution in [0.25, 0.3) is 0 Å². The van der Waals surface area contributed by atoms with E-state index in [1.165, 1.54) is 18.2 Å². The molecule has 0 aliphatic rings. The van der Waals surface area contributed by atoms with E-state index < -0.39 is 11.6 Å². The summed E-state index contributed by atoms with van der Waals surface area (Å²) >= 11 is 0. The molecule has 90 valence electrons. The molecule has 1 heterocycles. The summed E-state index contributed by atoms with van der Waals surface area (Å²) in [6.45, 7) is 2.24. The van der Waals surface area contributed by atoms with E-state index in [4.69, 9.17) is 4.42 Å². The summed E-state index contributed by atoms with van der Waals surface area (Å²) in [5, 5.41) is 2.69. The van der Waals surface area contributed by atoms with Crippen molar-refractivity contribution in [3.05, 3.63) is 53.5 Å². The van der Waals surface area contributed by atoms with Crippen molar-refractivity contribution in [2.45, 2.75) is 19.9 Å². The van der Waals surface area contributed by atoms with Gasteiger partial charge in [0, 0.05) is 6.42 Å². The molecule has 0 amide bonds. The highest BCUT2D eigenvalue weighted by molar-refractivity contribution is 5.46. The van der Waals surface area contributed by atoms with Gasteiger partial charge in [-0.2, -0.15) is 0 Å². The fourth-order valence-electron chi connectivity index (χ4n) is 1.55. The lowest BCUT2D eigenvalue weighted by Crippen LogP contribution is -2.02. The Bertz CT molecular complexity index is 488. The molecule has 0 radical (unpaired) electrons. The van der Waals surface area contributed by atoms with Crippen molar-refractivity contribution < 1.29 is 13.2 Å². The highest BCUT2D eigenvalue weighted by Gasteiger charge is 2.08. The Labute approximate surface area is 98.3 Å². The van der Waals surface area contributed by atoms with Crippen molar-refractivity contribution in [3.63, 3.8) is 0 Å². The Kier molecular flexibility index (Phi) is 3.42. The predicted molar refractivity (Wildman–Crippen MR) is 61.8 cm³/mol. The van der Waals surface area contributed by atoms with Gasteiger partial charge in [0.05, 0.1) is 6.54 Å². The molecule has 1 aromatic carbocycles. The molecule has 1 aromatic heterocycles. The second-order valence-corrected chi connectivity index (χ2v) is 3.67. The zero-order valence-electron chi connectivity index (χ0n) is 9.47. The van der Waals surface area contributed by atoms with Gasteiger partial charge in [-0.3, -0.25) is 0 Å². The third-order valence-corrected chi connectivity index (χ3v) is 2.47. The first kappa shape index (κ1) is 11.6. The Morgan fingerprint density at radius 3 is 2.29 bits per heavy atom. The van der Waals surface area contributed by atoms with Crippen LogP contribution in [0, 0.1) is 11.6 Å². The Balaban J connectivity index is 2.07. The lowest BCUT2D eigenvalue weighted by atomic mass is 10.3. The Morgan fingerprint density at radius 1 is 1.06 bits per heavy atom. The van der Waals surface area contributed by atoms with E-state index in [0.29, 0.717) is 5.76 Å². The van der Waals surface area contributed by atoms with Gasteiger partial charge in [-0.1, -0.05) is 13.0 Å². The Morgan fingerprint density at radius 2 is 1.71 bits per heavy atom. The van der Waals surface area contributed by atoms with Gasteiger partial charge in [-0.25, -0.2) is 8.78 Å². The lowest BCUT2D eigenvalue weighted by molar-refractivity contribution is 0.475. The summed E-state index contributed by atoms with van der Waals surface area (Å²) in [4.78, 5) is 0. The van der Waals surface area contributed by atoms with Gasteiger partial charge in [-0.15, -0.1) is 0 Å². The van der Waals surface area contributed by atoms with Gasteiger partial charge in [0.2, 0.25) is 0 Å². The third-order valence-electron chi connectivity index (χ3n) is 2.47. The first-order chi connectivity index (χ1) is 8.20. The van der Waals surface area contributed by atoms with Gasteiger partial charge >= 0.3 is 0 Å². The highest BCUT2D eigenvalue weighted by Crippen LogP contribution is 2.19. The number of aryl methyl sites for hydroxylation is 1. The molecule has 0 atom stereocenters. The smallest absolute Gasteiger partial charge is 0.149 e. The standard InChI is InChI=1S/C13H13F2NO/c1-2-9-6-7-10(17-9)8-16-13-11(14)4-3-5-12(13)15/h3-7,16H,2,8H2,1H3. The summed E-state index contributed by atoms with van der Waals surface area (Å²) in [6.07, 6.45) is 0.800. The fraction of sp³-hybridized carbons (Fsp3) is 0.231. The molecule has 0 aliphatic carbocycles. The van der Waals surface area contributed by atoms with E-state index in [9.17, 15) is 8.78 Å². The molecular formula is C13H13F2NO. The largest absolute Gasteiger partial charge is 0.464 e. The van der Waals surface area contributed by atoms with Crippen LogP contribution < -0.4 is 5.32 Å². The first-order valence-electron chi connectivity index (χ1n) is 5.46. The molecule has 0 saturated heterocycles. The minimum absolute atomic E-state index is 0.123. The summed E-state index contributed by atoms with van der Waals surface area (Å²) < 4.78 is 32.0.